The SMILES string of the molecule is COc1ccccc1OCCn1c(CNC(=O)c2ccccc2Cl)nc2ccccc21. The Morgan fingerprint density at radius 1 is 1.00 bits per heavy atom. The highest BCUT2D eigenvalue weighted by molar-refractivity contribution is 6.33. The predicted octanol–water partition coefficient (Wildman–Crippen LogP) is 4.71. The number of rotatable bonds is 8. The maximum Gasteiger partial charge on any atom is 0.253 e. The zero-order chi connectivity index (χ0) is 21.6. The van der Waals surface area contributed by atoms with E-state index in [2.05, 4.69) is 9.88 Å². The van der Waals surface area contributed by atoms with E-state index in [1.54, 1.807) is 31.4 Å². The van der Waals surface area contributed by atoms with Crippen molar-refractivity contribution in [3.63, 3.8) is 0 Å². The molecule has 0 aliphatic carbocycles. The van der Waals surface area contributed by atoms with Gasteiger partial charge in [-0.2, -0.15) is 0 Å². The van der Waals surface area contributed by atoms with Crippen molar-refractivity contribution in [2.24, 2.45) is 0 Å². The minimum Gasteiger partial charge on any atom is -0.493 e. The third-order valence-electron chi connectivity index (χ3n) is 4.90. The molecule has 0 bridgehead atoms. The van der Waals surface area contributed by atoms with E-state index >= 15 is 0 Å². The van der Waals surface area contributed by atoms with Crippen LogP contribution in [0.15, 0.2) is 72.8 Å². The lowest BCUT2D eigenvalue weighted by Crippen LogP contribution is -2.25. The Kier molecular flexibility index (Phi) is 6.38. The Hall–Kier alpha value is -3.51. The number of aromatic nitrogens is 2. The first-order chi connectivity index (χ1) is 15.2. The van der Waals surface area contributed by atoms with Gasteiger partial charge in [0, 0.05) is 0 Å². The third kappa shape index (κ3) is 4.64. The lowest BCUT2D eigenvalue weighted by molar-refractivity contribution is 0.0949. The van der Waals surface area contributed by atoms with E-state index in [0.29, 0.717) is 35.2 Å². The monoisotopic (exact) mass is 435 g/mol. The molecule has 7 heteroatoms. The number of carbonyl (C=O) groups excluding carboxylic acids is 1. The molecule has 4 aromatic rings. The van der Waals surface area contributed by atoms with Crippen molar-refractivity contribution < 1.29 is 14.3 Å². The smallest absolute Gasteiger partial charge is 0.253 e. The topological polar surface area (TPSA) is 65.4 Å². The number of imidazole rings is 1. The van der Waals surface area contributed by atoms with Crippen LogP contribution < -0.4 is 14.8 Å². The molecule has 0 spiro atoms. The van der Waals surface area contributed by atoms with Crippen molar-refractivity contribution in [2.75, 3.05) is 13.7 Å². The molecule has 0 unspecified atom stereocenters. The number of hydrogen-bond acceptors (Lipinski definition) is 4. The summed E-state index contributed by atoms with van der Waals surface area (Å²) in [5.41, 5.74) is 2.28. The molecule has 3 aromatic carbocycles. The van der Waals surface area contributed by atoms with Crippen LogP contribution in [0.5, 0.6) is 11.5 Å². The Bertz CT molecular complexity index is 1210. The summed E-state index contributed by atoms with van der Waals surface area (Å²) in [7, 11) is 1.62. The molecule has 0 aliphatic heterocycles. The van der Waals surface area contributed by atoms with Gasteiger partial charge in [-0.3, -0.25) is 4.79 Å². The summed E-state index contributed by atoms with van der Waals surface area (Å²) < 4.78 is 13.3. The predicted molar refractivity (Wildman–Crippen MR) is 121 cm³/mol. The van der Waals surface area contributed by atoms with E-state index in [4.69, 9.17) is 26.1 Å². The third-order valence-corrected chi connectivity index (χ3v) is 5.23. The van der Waals surface area contributed by atoms with Gasteiger partial charge in [-0.1, -0.05) is 48.0 Å². The molecular formula is C24H22ClN3O3. The van der Waals surface area contributed by atoms with E-state index in [1.807, 2.05) is 48.5 Å². The molecule has 4 rings (SSSR count). The average molecular weight is 436 g/mol. The summed E-state index contributed by atoms with van der Waals surface area (Å²) in [4.78, 5) is 17.3. The van der Waals surface area contributed by atoms with Crippen molar-refractivity contribution in [1.29, 1.82) is 0 Å². The van der Waals surface area contributed by atoms with Gasteiger partial charge >= 0.3 is 0 Å². The highest BCUT2D eigenvalue weighted by atomic mass is 35.5. The molecule has 1 heterocycles. The maximum atomic E-state index is 12.6. The Morgan fingerprint density at radius 3 is 2.52 bits per heavy atom. The van der Waals surface area contributed by atoms with Gasteiger partial charge in [0.2, 0.25) is 0 Å². The summed E-state index contributed by atoms with van der Waals surface area (Å²) >= 11 is 6.14. The summed E-state index contributed by atoms with van der Waals surface area (Å²) in [6.45, 7) is 1.26. The fourth-order valence-electron chi connectivity index (χ4n) is 3.39. The molecule has 158 valence electrons. The van der Waals surface area contributed by atoms with Crippen molar-refractivity contribution in [3.05, 3.63) is 89.2 Å². The standard InChI is InChI=1S/C24H22ClN3O3/c1-30-21-12-6-7-13-22(21)31-15-14-28-20-11-5-4-10-19(20)27-23(28)16-26-24(29)17-8-2-3-9-18(17)25/h2-13H,14-16H2,1H3,(H,26,29). The molecule has 0 saturated heterocycles. The van der Waals surface area contributed by atoms with Crippen molar-refractivity contribution in [3.8, 4) is 11.5 Å². The van der Waals surface area contributed by atoms with Gasteiger partial charge in [-0.15, -0.1) is 0 Å². The highest BCUT2D eigenvalue weighted by Gasteiger charge is 2.14. The largest absolute Gasteiger partial charge is 0.493 e. The minimum absolute atomic E-state index is 0.241. The van der Waals surface area contributed by atoms with Gasteiger partial charge in [-0.05, 0) is 36.4 Å². The van der Waals surface area contributed by atoms with E-state index < -0.39 is 0 Å². The number of hydrogen-bond donors (Lipinski definition) is 1. The first-order valence-electron chi connectivity index (χ1n) is 9.90. The average Bonchev–Trinajstić information content (AvgIpc) is 3.15. The van der Waals surface area contributed by atoms with Gasteiger partial charge < -0.3 is 19.4 Å². The Labute approximate surface area is 185 Å². The molecule has 0 atom stereocenters. The summed E-state index contributed by atoms with van der Waals surface area (Å²) in [6.07, 6.45) is 0. The minimum atomic E-state index is -0.241. The van der Waals surface area contributed by atoms with Crippen molar-refractivity contribution in [2.45, 2.75) is 13.1 Å². The van der Waals surface area contributed by atoms with Crippen LogP contribution in [0, 0.1) is 0 Å². The van der Waals surface area contributed by atoms with Crippen molar-refractivity contribution >= 4 is 28.5 Å². The second-order valence-electron chi connectivity index (χ2n) is 6.83. The van der Waals surface area contributed by atoms with Crippen molar-refractivity contribution in [1.82, 2.24) is 14.9 Å². The number of amides is 1. The Morgan fingerprint density at radius 2 is 1.71 bits per heavy atom. The first-order valence-corrected chi connectivity index (χ1v) is 10.3. The highest BCUT2D eigenvalue weighted by Crippen LogP contribution is 2.26. The maximum absolute atomic E-state index is 12.6. The van der Waals surface area contributed by atoms with Crippen LogP contribution in [0.2, 0.25) is 5.02 Å². The van der Waals surface area contributed by atoms with Crippen LogP contribution in [0.4, 0.5) is 0 Å². The second kappa shape index (κ2) is 9.53. The van der Waals surface area contributed by atoms with Crippen LogP contribution in [0.25, 0.3) is 11.0 Å². The summed E-state index contributed by atoms with van der Waals surface area (Å²) in [5, 5.41) is 3.33. The van der Waals surface area contributed by atoms with Gasteiger partial charge in [0.15, 0.2) is 11.5 Å². The van der Waals surface area contributed by atoms with Crippen LogP contribution in [0.1, 0.15) is 16.2 Å². The molecule has 31 heavy (non-hydrogen) atoms. The summed E-state index contributed by atoms with van der Waals surface area (Å²) in [6, 6.07) is 22.4. The second-order valence-corrected chi connectivity index (χ2v) is 7.24. The van der Waals surface area contributed by atoms with Gasteiger partial charge in [0.25, 0.3) is 5.91 Å². The Balaban J connectivity index is 1.50. The molecule has 1 N–H and O–H groups in total. The number of halogens is 1. The number of fused-ring (bicyclic) bond motifs is 1. The van der Waals surface area contributed by atoms with E-state index in [9.17, 15) is 4.79 Å². The number of nitrogens with one attached hydrogen (secondary N) is 1. The van der Waals surface area contributed by atoms with E-state index in [1.165, 1.54) is 0 Å². The molecular weight excluding hydrogens is 414 g/mol. The molecule has 0 aliphatic rings. The number of nitrogens with zero attached hydrogens (tertiary/aromatic N) is 2. The number of ether oxygens (including phenoxy) is 2. The van der Waals surface area contributed by atoms with Gasteiger partial charge in [0.05, 0.1) is 41.8 Å². The normalized spacial score (nSPS) is 10.8. The fourth-order valence-corrected chi connectivity index (χ4v) is 3.62. The quantitative estimate of drug-likeness (QED) is 0.435. The van der Waals surface area contributed by atoms with Crippen LogP contribution >= 0.6 is 11.6 Å². The number of methoxy groups -OCH3 is 1. The summed E-state index contributed by atoms with van der Waals surface area (Å²) in [5.74, 6) is 1.87. The van der Waals surface area contributed by atoms with Crippen LogP contribution in [0.3, 0.4) is 0 Å². The number of carbonyl (C=O) groups is 1. The lowest BCUT2D eigenvalue weighted by atomic mass is 10.2. The number of para-hydroxylation sites is 4. The molecule has 1 amide bonds. The van der Waals surface area contributed by atoms with Gasteiger partial charge in [0.1, 0.15) is 12.4 Å². The number of benzene rings is 3. The van der Waals surface area contributed by atoms with E-state index in [0.717, 1.165) is 16.9 Å². The zero-order valence-corrected chi connectivity index (χ0v) is 17.8. The first kappa shape index (κ1) is 20.8. The molecule has 0 radical (unpaired) electrons. The molecule has 0 saturated carbocycles. The zero-order valence-electron chi connectivity index (χ0n) is 17.0. The lowest BCUT2D eigenvalue weighted by Gasteiger charge is -2.13. The van der Waals surface area contributed by atoms with Crippen LogP contribution in [-0.2, 0) is 13.1 Å². The molecule has 1 aromatic heterocycles. The fraction of sp³-hybridized carbons (Fsp3) is 0.167. The van der Waals surface area contributed by atoms with Gasteiger partial charge in [-0.25, -0.2) is 4.98 Å². The van der Waals surface area contributed by atoms with Crippen LogP contribution in [-0.4, -0.2) is 29.2 Å². The molecule has 6 nitrogen and oxygen atoms in total. The van der Waals surface area contributed by atoms with E-state index in [-0.39, 0.29) is 12.5 Å². The molecule has 0 fully saturated rings.